The molecule has 4 nitrogen and oxygen atoms in total. The van der Waals surface area contributed by atoms with Crippen molar-refractivity contribution < 1.29 is 17.7 Å². The Bertz CT molecular complexity index is 655. The van der Waals surface area contributed by atoms with E-state index in [9.17, 15) is 13.0 Å². The van der Waals surface area contributed by atoms with Crippen molar-refractivity contribution >= 4 is 10.1 Å². The summed E-state index contributed by atoms with van der Waals surface area (Å²) in [6.07, 6.45) is 21.6. The SMILES string of the molecule is CCCCCCCCCCCCCCCCCCc1cccc(OC)c1S(=O)(=O)O. The molecule has 30 heavy (non-hydrogen) atoms. The van der Waals surface area contributed by atoms with Gasteiger partial charge in [0.15, 0.2) is 0 Å². The van der Waals surface area contributed by atoms with E-state index in [0.717, 1.165) is 12.8 Å². The third-order valence-electron chi connectivity index (χ3n) is 5.84. The fourth-order valence-corrected chi connectivity index (χ4v) is 4.98. The van der Waals surface area contributed by atoms with E-state index in [1.54, 1.807) is 18.2 Å². The van der Waals surface area contributed by atoms with Crippen LogP contribution < -0.4 is 4.74 Å². The summed E-state index contributed by atoms with van der Waals surface area (Å²) < 4.78 is 38.0. The first-order valence-electron chi connectivity index (χ1n) is 12.1. The lowest BCUT2D eigenvalue weighted by atomic mass is 10.0. The van der Waals surface area contributed by atoms with E-state index in [-0.39, 0.29) is 10.6 Å². The van der Waals surface area contributed by atoms with E-state index in [0.29, 0.717) is 12.0 Å². The highest BCUT2D eigenvalue weighted by atomic mass is 32.2. The summed E-state index contributed by atoms with van der Waals surface area (Å²) >= 11 is 0. The van der Waals surface area contributed by atoms with Gasteiger partial charge in [0, 0.05) is 0 Å². The first kappa shape index (κ1) is 27.0. The zero-order valence-corrected chi connectivity index (χ0v) is 20.1. The van der Waals surface area contributed by atoms with E-state index in [2.05, 4.69) is 6.92 Å². The maximum atomic E-state index is 11.7. The molecule has 1 N–H and O–H groups in total. The molecular weight excluding hydrogens is 396 g/mol. The minimum Gasteiger partial charge on any atom is -0.495 e. The molecule has 0 amide bonds. The molecule has 0 saturated carbocycles. The van der Waals surface area contributed by atoms with Gasteiger partial charge < -0.3 is 4.74 Å². The lowest BCUT2D eigenvalue weighted by Crippen LogP contribution is -2.06. The highest BCUT2D eigenvalue weighted by molar-refractivity contribution is 7.86. The predicted octanol–water partition coefficient (Wildman–Crippen LogP) is 7.75. The summed E-state index contributed by atoms with van der Waals surface area (Å²) in [7, 11) is -2.85. The van der Waals surface area contributed by atoms with Crippen molar-refractivity contribution in [1.29, 1.82) is 0 Å². The average molecular weight is 441 g/mol. The maximum absolute atomic E-state index is 11.7. The van der Waals surface area contributed by atoms with Crippen LogP contribution in [0.4, 0.5) is 0 Å². The molecular formula is C25H44O4S. The molecule has 0 aliphatic carbocycles. The lowest BCUT2D eigenvalue weighted by Gasteiger charge is -2.11. The number of rotatable bonds is 19. The van der Waals surface area contributed by atoms with Crippen LogP contribution >= 0.6 is 0 Å². The van der Waals surface area contributed by atoms with Crippen LogP contribution in [0.2, 0.25) is 0 Å². The van der Waals surface area contributed by atoms with Crippen molar-refractivity contribution in [1.82, 2.24) is 0 Å². The number of hydrogen-bond acceptors (Lipinski definition) is 3. The van der Waals surface area contributed by atoms with Gasteiger partial charge in [0.1, 0.15) is 10.6 Å². The molecule has 0 saturated heterocycles. The molecule has 0 heterocycles. The molecule has 1 aromatic carbocycles. The number of ether oxygens (including phenoxy) is 1. The van der Waals surface area contributed by atoms with E-state index in [4.69, 9.17) is 4.74 Å². The minimum absolute atomic E-state index is 0.0755. The highest BCUT2D eigenvalue weighted by Crippen LogP contribution is 2.28. The van der Waals surface area contributed by atoms with Gasteiger partial charge in [0.25, 0.3) is 10.1 Å². The third kappa shape index (κ3) is 11.9. The summed E-state index contributed by atoms with van der Waals surface area (Å²) in [6, 6.07) is 5.10. The maximum Gasteiger partial charge on any atom is 0.298 e. The van der Waals surface area contributed by atoms with Crippen molar-refractivity contribution in [2.45, 2.75) is 121 Å². The number of aryl methyl sites for hydroxylation is 1. The summed E-state index contributed by atoms with van der Waals surface area (Å²) in [6.45, 7) is 2.27. The van der Waals surface area contributed by atoms with Gasteiger partial charge >= 0.3 is 0 Å². The molecule has 0 aliphatic rings. The Morgan fingerprint density at radius 2 is 1.17 bits per heavy atom. The van der Waals surface area contributed by atoms with Gasteiger partial charge in [-0.05, 0) is 24.5 Å². The van der Waals surface area contributed by atoms with E-state index < -0.39 is 10.1 Å². The standard InChI is InChI=1S/C25H44O4S/c1-3-4-5-6-7-8-9-10-11-12-13-14-15-16-17-18-20-23-21-19-22-24(29-2)25(23)30(26,27)28/h19,21-22H,3-18,20H2,1-2H3,(H,26,27,28). The quantitative estimate of drug-likeness (QED) is 0.176. The van der Waals surface area contributed by atoms with Gasteiger partial charge in [-0.3, -0.25) is 4.55 Å². The number of benzene rings is 1. The van der Waals surface area contributed by atoms with E-state index >= 15 is 0 Å². The molecule has 174 valence electrons. The Labute approximate surface area is 185 Å². The molecule has 0 atom stereocenters. The largest absolute Gasteiger partial charge is 0.495 e. The zero-order chi connectivity index (χ0) is 22.1. The van der Waals surface area contributed by atoms with Gasteiger partial charge in [0.2, 0.25) is 0 Å². The first-order valence-corrected chi connectivity index (χ1v) is 13.6. The van der Waals surface area contributed by atoms with Crippen LogP contribution in [0.25, 0.3) is 0 Å². The van der Waals surface area contributed by atoms with Crippen LogP contribution in [-0.2, 0) is 16.5 Å². The Morgan fingerprint density at radius 3 is 1.57 bits per heavy atom. The fraction of sp³-hybridized carbons (Fsp3) is 0.760. The van der Waals surface area contributed by atoms with Crippen molar-refractivity contribution in [2.75, 3.05) is 7.11 Å². The van der Waals surface area contributed by atoms with E-state index in [1.165, 1.54) is 97.0 Å². The normalized spacial score (nSPS) is 11.7. The third-order valence-corrected chi connectivity index (χ3v) is 6.82. The second kappa shape index (κ2) is 16.6. The Hall–Kier alpha value is -1.07. The molecule has 0 aliphatic heterocycles. The van der Waals surface area contributed by atoms with Gasteiger partial charge in [-0.15, -0.1) is 0 Å². The smallest absolute Gasteiger partial charge is 0.298 e. The van der Waals surface area contributed by atoms with Crippen molar-refractivity contribution in [3.8, 4) is 5.75 Å². The Balaban J connectivity index is 2.03. The predicted molar refractivity (Wildman–Crippen MR) is 126 cm³/mol. The van der Waals surface area contributed by atoms with Crippen LogP contribution in [0.3, 0.4) is 0 Å². The van der Waals surface area contributed by atoms with Crippen molar-refractivity contribution in [3.05, 3.63) is 23.8 Å². The van der Waals surface area contributed by atoms with Crippen LogP contribution in [0, 0.1) is 0 Å². The summed E-state index contributed by atoms with van der Waals surface area (Å²) in [5.74, 6) is 0.214. The number of unbranched alkanes of at least 4 members (excludes halogenated alkanes) is 15. The van der Waals surface area contributed by atoms with Crippen LogP contribution in [0.5, 0.6) is 5.75 Å². The molecule has 0 aromatic heterocycles. The Morgan fingerprint density at radius 1 is 0.733 bits per heavy atom. The van der Waals surface area contributed by atoms with E-state index in [1.807, 2.05) is 0 Å². The molecule has 5 heteroatoms. The molecule has 0 radical (unpaired) electrons. The van der Waals surface area contributed by atoms with Gasteiger partial charge in [0.05, 0.1) is 7.11 Å². The lowest BCUT2D eigenvalue weighted by molar-refractivity contribution is 0.396. The van der Waals surface area contributed by atoms with Gasteiger partial charge in [-0.25, -0.2) is 0 Å². The molecule has 0 bridgehead atoms. The van der Waals surface area contributed by atoms with Crippen LogP contribution in [-0.4, -0.2) is 20.1 Å². The fourth-order valence-electron chi connectivity index (χ4n) is 4.08. The molecule has 0 unspecified atom stereocenters. The number of methoxy groups -OCH3 is 1. The Kier molecular flexibility index (Phi) is 14.9. The highest BCUT2D eigenvalue weighted by Gasteiger charge is 2.20. The topological polar surface area (TPSA) is 63.6 Å². The summed E-state index contributed by atoms with van der Waals surface area (Å²) in [5.41, 5.74) is 0.641. The summed E-state index contributed by atoms with van der Waals surface area (Å²) in [4.78, 5) is -0.0755. The first-order chi connectivity index (χ1) is 14.5. The van der Waals surface area contributed by atoms with Gasteiger partial charge in [-0.1, -0.05) is 115 Å². The monoisotopic (exact) mass is 440 g/mol. The van der Waals surface area contributed by atoms with Gasteiger partial charge in [-0.2, -0.15) is 8.42 Å². The van der Waals surface area contributed by atoms with Crippen LogP contribution in [0.15, 0.2) is 23.1 Å². The molecule has 1 aromatic rings. The molecule has 1 rings (SSSR count). The van der Waals surface area contributed by atoms with Crippen molar-refractivity contribution in [2.24, 2.45) is 0 Å². The zero-order valence-electron chi connectivity index (χ0n) is 19.3. The second-order valence-corrected chi connectivity index (χ2v) is 9.84. The van der Waals surface area contributed by atoms with Crippen LogP contribution in [0.1, 0.15) is 115 Å². The molecule has 0 fully saturated rings. The minimum atomic E-state index is -4.27. The molecule has 0 spiro atoms. The van der Waals surface area contributed by atoms with Crippen molar-refractivity contribution in [3.63, 3.8) is 0 Å². The second-order valence-electron chi connectivity index (χ2n) is 8.48. The number of hydrogen-bond donors (Lipinski definition) is 1. The summed E-state index contributed by atoms with van der Waals surface area (Å²) in [5, 5.41) is 0. The average Bonchev–Trinajstić information content (AvgIpc) is 2.72.